The van der Waals surface area contributed by atoms with Crippen molar-refractivity contribution in [2.24, 2.45) is 0 Å². The Morgan fingerprint density at radius 3 is 1.59 bits per heavy atom. The van der Waals surface area contributed by atoms with Crippen LogP contribution in [0.5, 0.6) is 0 Å². The van der Waals surface area contributed by atoms with Gasteiger partial charge >= 0.3 is 24.1 Å². The number of carbonyl (C=O) groups is 4. The molecule has 0 atom stereocenters. The number of nitrogens with one attached hydrogen (secondary N) is 2. The molecule has 0 fully saturated rings. The van der Waals surface area contributed by atoms with Crippen molar-refractivity contribution in [3.63, 3.8) is 0 Å². The first-order valence-corrected chi connectivity index (χ1v) is 20.1. The van der Waals surface area contributed by atoms with Crippen LogP contribution >= 0.6 is 0 Å². The maximum absolute atomic E-state index is 11.9. The van der Waals surface area contributed by atoms with Gasteiger partial charge in [-0.05, 0) is 51.2 Å². The molecule has 13 heteroatoms. The predicted octanol–water partition coefficient (Wildman–Crippen LogP) is 5.10. The zero-order valence-corrected chi connectivity index (χ0v) is 28.3. The number of amides is 2. The Morgan fingerprint density at radius 2 is 1.15 bits per heavy atom. The molecule has 2 amide bonds. The van der Waals surface area contributed by atoms with Gasteiger partial charge in [0.05, 0.1) is 34.4 Å². The second-order valence-electron chi connectivity index (χ2n) is 12.0. The zero-order chi connectivity index (χ0) is 31.7. The van der Waals surface area contributed by atoms with Gasteiger partial charge in [0.15, 0.2) is 8.32 Å². The van der Waals surface area contributed by atoms with E-state index in [0.29, 0.717) is 13.0 Å². The van der Waals surface area contributed by atoms with E-state index >= 15 is 0 Å². The normalized spacial score (nSPS) is 12.1. The summed E-state index contributed by atoms with van der Waals surface area (Å²) in [7, 11) is -4.10. The molecule has 0 radical (unpaired) electrons. The van der Waals surface area contributed by atoms with Crippen LogP contribution in [-0.2, 0) is 33.0 Å². The van der Waals surface area contributed by atoms with E-state index < -0.39 is 40.5 Å². The topological polar surface area (TPSA) is 138 Å². The summed E-state index contributed by atoms with van der Waals surface area (Å²) in [4.78, 5) is 45.7. The number of ether oxygens (including phenoxy) is 4. The molecule has 0 saturated heterocycles. The summed E-state index contributed by atoms with van der Waals surface area (Å²) < 4.78 is 27.1. The van der Waals surface area contributed by atoms with Gasteiger partial charge in [-0.3, -0.25) is 0 Å². The first-order valence-electron chi connectivity index (χ1n) is 14.0. The molecule has 0 aliphatic rings. The van der Waals surface area contributed by atoms with Gasteiger partial charge in [-0.1, -0.05) is 46.1 Å². The molecule has 0 unspecified atom stereocenters. The third kappa shape index (κ3) is 15.2. The van der Waals surface area contributed by atoms with E-state index in [1.165, 1.54) is 0 Å². The molecule has 0 aliphatic heterocycles. The van der Waals surface area contributed by atoms with Crippen molar-refractivity contribution in [3.05, 3.63) is 25.3 Å². The van der Waals surface area contributed by atoms with Crippen LogP contribution < -0.4 is 10.6 Å². The summed E-state index contributed by atoms with van der Waals surface area (Å²) in [6.45, 7) is 25.5. The number of alkyl carbamates (subject to hydrolysis) is 2. The van der Waals surface area contributed by atoms with E-state index in [1.54, 1.807) is 0 Å². The number of esters is 2. The molecule has 0 saturated carbocycles. The molecule has 41 heavy (non-hydrogen) atoms. The fraction of sp³-hybridized carbons (Fsp3) is 0.714. The summed E-state index contributed by atoms with van der Waals surface area (Å²) in [5.41, 5.74) is 0. The lowest BCUT2D eigenvalue weighted by Crippen LogP contribution is -2.59. The Bertz CT molecular complexity index is 820. The van der Waals surface area contributed by atoms with Gasteiger partial charge in [-0.2, -0.15) is 0 Å². The van der Waals surface area contributed by atoms with Crippen molar-refractivity contribution in [2.75, 3.05) is 39.5 Å². The first-order chi connectivity index (χ1) is 18.9. The molecule has 0 bridgehead atoms. The molecule has 0 aromatic carbocycles. The van der Waals surface area contributed by atoms with Crippen molar-refractivity contribution in [1.82, 2.24) is 10.6 Å². The van der Waals surface area contributed by atoms with E-state index in [9.17, 15) is 19.2 Å². The van der Waals surface area contributed by atoms with Gasteiger partial charge in [0.1, 0.15) is 13.2 Å². The molecule has 236 valence electrons. The van der Waals surface area contributed by atoms with Crippen molar-refractivity contribution < 1.29 is 42.6 Å². The van der Waals surface area contributed by atoms with Crippen LogP contribution in [-0.4, -0.2) is 85.3 Å². The van der Waals surface area contributed by atoms with E-state index in [-0.39, 0.29) is 43.2 Å². The minimum atomic E-state index is -2.20. The van der Waals surface area contributed by atoms with Crippen LogP contribution in [0.1, 0.15) is 47.0 Å². The predicted molar refractivity (Wildman–Crippen MR) is 164 cm³/mol. The Morgan fingerprint density at radius 1 is 0.707 bits per heavy atom. The smallest absolute Gasteiger partial charge is 0.407 e. The maximum atomic E-state index is 11.9. The Labute approximate surface area is 247 Å². The first kappa shape index (κ1) is 38.4. The van der Waals surface area contributed by atoms with Crippen molar-refractivity contribution >= 4 is 40.5 Å². The van der Waals surface area contributed by atoms with Crippen LogP contribution in [0.3, 0.4) is 0 Å². The number of carbonyl (C=O) groups excluding carboxylic acids is 4. The lowest BCUT2D eigenvalue weighted by atomic mass is 10.1. The molecule has 2 N–H and O–H groups in total. The highest BCUT2D eigenvalue weighted by Crippen LogP contribution is 2.45. The largest absolute Gasteiger partial charge is 0.461 e. The Kier molecular flexibility index (Phi) is 16.8. The average Bonchev–Trinajstić information content (AvgIpc) is 2.88. The Balaban J connectivity index is 4.56. The lowest BCUT2D eigenvalue weighted by Gasteiger charge is -2.50. The molecular formula is C28H52N2O9Si2. The van der Waals surface area contributed by atoms with Gasteiger partial charge in [-0.25, -0.2) is 19.2 Å². The van der Waals surface area contributed by atoms with E-state index in [1.807, 2.05) is 0 Å². The number of hydrogen-bond acceptors (Lipinski definition) is 9. The highest BCUT2D eigenvalue weighted by Gasteiger charge is 2.49. The van der Waals surface area contributed by atoms with Gasteiger partial charge in [0.25, 0.3) is 0 Å². The van der Waals surface area contributed by atoms with Crippen LogP contribution in [0.25, 0.3) is 0 Å². The van der Waals surface area contributed by atoms with E-state index in [2.05, 4.69) is 77.7 Å². The van der Waals surface area contributed by atoms with Gasteiger partial charge in [0.2, 0.25) is 0 Å². The van der Waals surface area contributed by atoms with Crippen LogP contribution in [0.2, 0.25) is 37.3 Å². The molecular weight excluding hydrogens is 564 g/mol. The summed E-state index contributed by atoms with van der Waals surface area (Å²) in [6, 6.07) is 0.922. The van der Waals surface area contributed by atoms with Crippen LogP contribution in [0.15, 0.2) is 25.3 Å². The van der Waals surface area contributed by atoms with Crippen molar-refractivity contribution in [1.29, 1.82) is 0 Å². The van der Waals surface area contributed by atoms with E-state index in [4.69, 9.17) is 23.4 Å². The van der Waals surface area contributed by atoms with Crippen LogP contribution in [0, 0.1) is 0 Å². The summed E-state index contributed by atoms with van der Waals surface area (Å²) in [5, 5.41) is 4.72. The Hall–Kier alpha value is -2.65. The third-order valence-corrected chi connectivity index (χ3v) is 17.4. The molecule has 0 rings (SSSR count). The van der Waals surface area contributed by atoms with E-state index in [0.717, 1.165) is 31.0 Å². The minimum Gasteiger partial charge on any atom is -0.461 e. The average molecular weight is 617 g/mol. The van der Waals surface area contributed by atoms with Gasteiger partial charge in [-0.15, -0.1) is 0 Å². The molecule has 0 aromatic rings. The third-order valence-electron chi connectivity index (χ3n) is 7.69. The summed E-state index contributed by atoms with van der Waals surface area (Å²) >= 11 is 0. The highest BCUT2D eigenvalue weighted by atomic mass is 28.4. The standard InChI is InChI=1S/C28H52N2O9Si2/c1-11-23(31)35-20-16-29-25(33)37-18-13-15-27(3,4)41(9,10)39-28(5,6)40(7,8)22-14-19-38-26(34)30-17-21-36-24(32)12-2/h11-12H,1-2,13-22H2,3-10H3,(H,29,33)(H,30,34). The van der Waals surface area contributed by atoms with Gasteiger partial charge < -0.3 is 34.0 Å². The fourth-order valence-electron chi connectivity index (χ4n) is 3.70. The minimum absolute atomic E-state index is 0.0541. The maximum Gasteiger partial charge on any atom is 0.407 e. The van der Waals surface area contributed by atoms with Gasteiger partial charge in [0, 0.05) is 17.4 Å². The van der Waals surface area contributed by atoms with Crippen molar-refractivity contribution in [2.45, 2.75) is 89.5 Å². The second kappa shape index (κ2) is 18.0. The lowest BCUT2D eigenvalue weighted by molar-refractivity contribution is -0.138. The number of hydrogen-bond donors (Lipinski definition) is 2. The molecule has 0 aliphatic carbocycles. The molecule has 0 aromatic heterocycles. The quantitative estimate of drug-likeness (QED) is 0.0629. The SMILES string of the molecule is C=CC(=O)OCCNC(=O)OCCCC(C)(C)[Si](C)(C)OC(C)(C)[Si](C)(C)CCCOC(=O)NCCOC(=O)C=C. The second-order valence-corrected chi connectivity index (χ2v) is 22.0. The number of rotatable bonds is 20. The van der Waals surface area contributed by atoms with Crippen molar-refractivity contribution in [3.8, 4) is 0 Å². The fourth-order valence-corrected chi connectivity index (χ4v) is 9.54. The molecule has 0 heterocycles. The molecule has 0 spiro atoms. The highest BCUT2D eigenvalue weighted by molar-refractivity contribution is 6.82. The summed E-state index contributed by atoms with van der Waals surface area (Å²) in [6.07, 6.45) is 3.31. The molecule has 11 nitrogen and oxygen atoms in total. The zero-order valence-electron chi connectivity index (χ0n) is 26.3. The monoisotopic (exact) mass is 616 g/mol. The van der Waals surface area contributed by atoms with Crippen LogP contribution in [0.4, 0.5) is 9.59 Å². The summed E-state index contributed by atoms with van der Waals surface area (Å²) in [5.74, 6) is -1.08.